The summed E-state index contributed by atoms with van der Waals surface area (Å²) in [5, 5.41) is 5.32. The Morgan fingerprint density at radius 2 is 0.987 bits per heavy atom. The molecule has 1 aliphatic carbocycles. The standard InChI is InChI=1S/C57H72F4N10O6/c1-30(2)49(66-56(74)76-5)54(72)69-20-10-14-47(69)52-62-41-26-35(37(58)28-43(41)64-52)45-16-17-46(71(45)34-24-39(60)51(40(61)25-34)68-22-18-33(19-23-68)32-12-8-7-9-13-32)36-27-42-44(29-38(36)59)65-53(63-42)48-15-11-21-70(48)55(73)50(31(3)4)67-57(75)77-6/h24-33,45-50H,7-23H2,1-6H3,(H,62,64)(H,63,65)(H,66,74)(H,67,75)/t45-,46-,47+,48+,49+,50?/m1/s1. The van der Waals surface area contributed by atoms with Crippen molar-refractivity contribution in [1.29, 1.82) is 0 Å². The molecule has 1 unspecified atom stereocenters. The Kier molecular flexibility index (Phi) is 15.6. The van der Waals surface area contributed by atoms with Crippen LogP contribution < -0.4 is 20.4 Å². The van der Waals surface area contributed by atoms with E-state index in [0.717, 1.165) is 12.8 Å². The number of halogens is 4. The maximum atomic E-state index is 17.0. The Morgan fingerprint density at radius 3 is 1.42 bits per heavy atom. The average molecular weight is 1070 g/mol. The van der Waals surface area contributed by atoms with Gasteiger partial charge in [-0.05, 0) is 111 Å². The molecule has 4 saturated heterocycles. The van der Waals surface area contributed by atoms with Gasteiger partial charge in [0.25, 0.3) is 0 Å². The molecule has 20 heteroatoms. The molecule has 0 spiro atoms. The summed E-state index contributed by atoms with van der Waals surface area (Å²) in [4.78, 5) is 75.6. The molecule has 414 valence electrons. The van der Waals surface area contributed by atoms with Crippen LogP contribution in [0, 0.1) is 46.9 Å². The molecule has 16 nitrogen and oxygen atoms in total. The van der Waals surface area contributed by atoms with Crippen LogP contribution in [-0.2, 0) is 19.1 Å². The summed E-state index contributed by atoms with van der Waals surface area (Å²) in [6.45, 7) is 9.23. The number of likely N-dealkylation sites (tertiary alicyclic amines) is 2. The fraction of sp³-hybridized carbons (Fsp3) is 0.579. The molecule has 0 bridgehead atoms. The van der Waals surface area contributed by atoms with Crippen LogP contribution in [0.15, 0.2) is 36.4 Å². The first-order chi connectivity index (χ1) is 37.0. The minimum atomic E-state index is -0.852. The van der Waals surface area contributed by atoms with E-state index in [2.05, 4.69) is 20.6 Å². The number of carbonyl (C=O) groups is 4. The first kappa shape index (κ1) is 53.8. The van der Waals surface area contributed by atoms with Gasteiger partial charge in [0.05, 0.1) is 60.5 Å². The number of methoxy groups -OCH3 is 2. The van der Waals surface area contributed by atoms with Gasteiger partial charge >= 0.3 is 12.2 Å². The normalized spacial score (nSPS) is 22.4. The Hall–Kier alpha value is -6.60. The average Bonchev–Trinajstić information content (AvgIpc) is 4.31. The maximum absolute atomic E-state index is 17.0. The second-order valence-electron chi connectivity index (χ2n) is 22.6. The van der Waals surface area contributed by atoms with Gasteiger partial charge in [0.1, 0.15) is 41.1 Å². The number of fused-ring (bicyclic) bond motifs is 2. The first-order valence-electron chi connectivity index (χ1n) is 27.7. The van der Waals surface area contributed by atoms with Crippen LogP contribution in [0.5, 0.6) is 0 Å². The lowest BCUT2D eigenvalue weighted by atomic mass is 9.76. The lowest BCUT2D eigenvalue weighted by Crippen LogP contribution is -2.51. The minimum absolute atomic E-state index is 0.100. The van der Waals surface area contributed by atoms with Crippen molar-refractivity contribution in [3.05, 3.63) is 82.4 Å². The summed E-state index contributed by atoms with van der Waals surface area (Å²) >= 11 is 0. The van der Waals surface area contributed by atoms with Crippen LogP contribution in [0.1, 0.15) is 158 Å². The molecule has 10 rings (SSSR count). The van der Waals surface area contributed by atoms with Gasteiger partial charge in [-0.3, -0.25) is 9.59 Å². The van der Waals surface area contributed by atoms with Crippen molar-refractivity contribution in [2.24, 2.45) is 23.7 Å². The van der Waals surface area contributed by atoms with Crippen molar-refractivity contribution in [2.45, 2.75) is 147 Å². The monoisotopic (exact) mass is 1070 g/mol. The molecule has 4 N–H and O–H groups in total. The van der Waals surface area contributed by atoms with Crippen LogP contribution in [0.3, 0.4) is 0 Å². The largest absolute Gasteiger partial charge is 0.453 e. The number of hydrogen-bond acceptors (Lipinski definition) is 10. The molecule has 5 aliphatic rings. The van der Waals surface area contributed by atoms with Crippen LogP contribution >= 0.6 is 0 Å². The molecule has 3 aromatic carbocycles. The van der Waals surface area contributed by atoms with E-state index in [-0.39, 0.29) is 59.0 Å². The Balaban J connectivity index is 0.988. The van der Waals surface area contributed by atoms with Crippen LogP contribution in [0.25, 0.3) is 22.1 Å². The summed E-state index contributed by atoms with van der Waals surface area (Å²) in [5.74, 6) is -1.72. The van der Waals surface area contributed by atoms with Gasteiger partial charge in [-0.1, -0.05) is 59.8 Å². The second-order valence-corrected chi connectivity index (χ2v) is 22.6. The highest BCUT2D eigenvalue weighted by molar-refractivity contribution is 5.88. The summed E-state index contributed by atoms with van der Waals surface area (Å²) in [7, 11) is 2.47. The molecule has 6 heterocycles. The quantitative estimate of drug-likeness (QED) is 0.0829. The molecule has 77 heavy (non-hydrogen) atoms. The summed E-state index contributed by atoms with van der Waals surface area (Å²) in [6.07, 6.45) is 9.45. The molecule has 2 aromatic heterocycles. The fourth-order valence-corrected chi connectivity index (χ4v) is 13.3. The van der Waals surface area contributed by atoms with Crippen molar-refractivity contribution in [3.8, 4) is 0 Å². The number of amides is 4. The Labute approximate surface area is 446 Å². The summed E-state index contributed by atoms with van der Waals surface area (Å²) in [5.41, 5.74) is 2.01. The third-order valence-corrected chi connectivity index (χ3v) is 17.3. The minimum Gasteiger partial charge on any atom is -0.453 e. The zero-order valence-electron chi connectivity index (χ0n) is 44.9. The molecule has 5 fully saturated rings. The number of alkyl carbamates (subject to hydrolysis) is 2. The number of benzene rings is 3. The van der Waals surface area contributed by atoms with Gasteiger partial charge in [-0.2, -0.15) is 0 Å². The Bertz CT molecular complexity index is 2830. The number of hydrogen-bond donors (Lipinski definition) is 4. The number of aromatic amines is 2. The number of piperidine rings is 1. The maximum Gasteiger partial charge on any atom is 0.407 e. The molecule has 0 radical (unpaired) electrons. The van der Waals surface area contributed by atoms with E-state index in [0.29, 0.717) is 97.4 Å². The van der Waals surface area contributed by atoms with Crippen LogP contribution in [0.2, 0.25) is 0 Å². The number of rotatable bonds is 13. The topological polar surface area (TPSA) is 181 Å². The van der Waals surface area contributed by atoms with E-state index in [9.17, 15) is 19.2 Å². The number of nitrogens with one attached hydrogen (secondary N) is 4. The fourth-order valence-electron chi connectivity index (χ4n) is 13.3. The van der Waals surface area contributed by atoms with Crippen molar-refractivity contribution in [3.63, 3.8) is 0 Å². The van der Waals surface area contributed by atoms with Gasteiger partial charge in [0, 0.05) is 43.0 Å². The smallest absolute Gasteiger partial charge is 0.407 e. The lowest BCUT2D eigenvalue weighted by Gasteiger charge is -2.39. The SMILES string of the molecule is COC(=O)NC(C(=O)N1CCC[C@H]1c1nc2cc([C@H]3CC[C@H](c4cc5nc([C@@H]6CCCN6C(=O)[C@@H](NC(=O)OC)C(C)C)[nH]c5cc4F)N3c3cc(F)c(N4CCC(C5CCCCC5)CC4)c(F)c3)c(F)cc2[nH]1)C(C)C. The van der Waals surface area contributed by atoms with Gasteiger partial charge in [0.2, 0.25) is 11.8 Å². The van der Waals surface area contributed by atoms with Crippen LogP contribution in [0.4, 0.5) is 38.5 Å². The zero-order valence-corrected chi connectivity index (χ0v) is 44.9. The third kappa shape index (κ3) is 10.6. The highest BCUT2D eigenvalue weighted by atomic mass is 19.1. The summed E-state index contributed by atoms with van der Waals surface area (Å²) in [6, 6.07) is 4.15. The van der Waals surface area contributed by atoms with Gasteiger partial charge < -0.3 is 49.7 Å². The van der Waals surface area contributed by atoms with E-state index in [1.807, 2.05) is 27.7 Å². The van der Waals surface area contributed by atoms with Crippen molar-refractivity contribution >= 4 is 57.4 Å². The molecule has 5 aromatic rings. The summed E-state index contributed by atoms with van der Waals surface area (Å²) < 4.78 is 77.3. The van der Waals surface area contributed by atoms with Gasteiger partial charge in [0.15, 0.2) is 11.6 Å². The van der Waals surface area contributed by atoms with Gasteiger partial charge in [-0.25, -0.2) is 37.1 Å². The number of ether oxygens (including phenoxy) is 2. The number of aromatic nitrogens is 4. The Morgan fingerprint density at radius 1 is 0.545 bits per heavy atom. The van der Waals surface area contributed by atoms with Crippen LogP contribution in [-0.4, -0.2) is 106 Å². The van der Waals surface area contributed by atoms with E-state index >= 15 is 17.6 Å². The third-order valence-electron chi connectivity index (χ3n) is 17.3. The first-order valence-corrected chi connectivity index (χ1v) is 27.7. The molecule has 1 saturated carbocycles. The number of H-pyrrole nitrogens is 2. The molecule has 4 aliphatic heterocycles. The van der Waals surface area contributed by atoms with Gasteiger partial charge in [-0.15, -0.1) is 0 Å². The molecule has 4 amide bonds. The number of imidazole rings is 2. The highest BCUT2D eigenvalue weighted by Crippen LogP contribution is 2.50. The number of carbonyl (C=O) groups excluding carboxylic acids is 4. The van der Waals surface area contributed by atoms with E-state index in [1.54, 1.807) is 31.7 Å². The predicted molar refractivity (Wildman–Crippen MR) is 283 cm³/mol. The van der Waals surface area contributed by atoms with Crippen molar-refractivity contribution < 1.29 is 46.2 Å². The highest BCUT2D eigenvalue weighted by Gasteiger charge is 2.43. The van der Waals surface area contributed by atoms with Crippen molar-refractivity contribution in [1.82, 2.24) is 40.4 Å². The predicted octanol–water partition coefficient (Wildman–Crippen LogP) is 11.0. The van der Waals surface area contributed by atoms with E-state index in [4.69, 9.17) is 19.4 Å². The molecule has 6 atom stereocenters. The second kappa shape index (κ2) is 22.4. The van der Waals surface area contributed by atoms with E-state index in [1.165, 1.54) is 70.6 Å². The lowest BCUT2D eigenvalue weighted by molar-refractivity contribution is -0.136. The molecular weight excluding hydrogens is 997 g/mol. The zero-order chi connectivity index (χ0) is 54.4. The van der Waals surface area contributed by atoms with Crippen molar-refractivity contribution in [2.75, 3.05) is 50.2 Å². The van der Waals surface area contributed by atoms with E-state index < -0.39 is 71.7 Å². The molecular formula is C57H72F4N10O6. The number of nitrogens with zero attached hydrogens (tertiary/aromatic N) is 6. The number of anilines is 2.